The molecule has 0 amide bonds. The summed E-state index contributed by atoms with van der Waals surface area (Å²) in [6.45, 7) is 6.90. The van der Waals surface area contributed by atoms with Gasteiger partial charge in [-0.1, -0.05) is 36.0 Å². The quantitative estimate of drug-likeness (QED) is 0.460. The number of aliphatic imine (C=N–C) groups is 1. The van der Waals surface area contributed by atoms with Crippen LogP contribution in [0.1, 0.15) is 17.3 Å². The number of hydrogen-bond donors (Lipinski definition) is 2. The van der Waals surface area contributed by atoms with Crippen LogP contribution in [0.15, 0.2) is 46.4 Å². The Morgan fingerprint density at radius 1 is 1.35 bits per heavy atom. The van der Waals surface area contributed by atoms with E-state index in [1.54, 1.807) is 20.0 Å². The highest BCUT2D eigenvalue weighted by Gasteiger charge is 2.06. The van der Waals surface area contributed by atoms with E-state index in [0.29, 0.717) is 37.4 Å². The Hall–Kier alpha value is -2.83. The Morgan fingerprint density at radius 3 is 2.83 bits per heavy atom. The molecular weight excluding hydrogens is 294 g/mol. The monoisotopic (exact) mass is 315 g/mol. The van der Waals surface area contributed by atoms with Gasteiger partial charge >= 0.3 is 0 Å². The van der Waals surface area contributed by atoms with Gasteiger partial charge in [-0.05, 0) is 13.0 Å². The zero-order chi connectivity index (χ0) is 16.5. The second kappa shape index (κ2) is 8.57. The fraction of sp³-hybridized carbons (Fsp3) is 0.312. The van der Waals surface area contributed by atoms with E-state index >= 15 is 0 Å². The minimum Gasteiger partial charge on any atom is -0.489 e. The lowest BCUT2D eigenvalue weighted by Crippen LogP contribution is -2.36. The number of aromatic nitrogens is 2. The molecule has 0 aliphatic rings. The maximum atomic E-state index is 5.63. The van der Waals surface area contributed by atoms with Crippen molar-refractivity contribution in [3.05, 3.63) is 54.2 Å². The molecule has 2 rings (SSSR count). The summed E-state index contributed by atoms with van der Waals surface area (Å²) in [5.41, 5.74) is 1.03. The van der Waals surface area contributed by atoms with Crippen LogP contribution in [0.25, 0.3) is 0 Å². The first-order valence-corrected chi connectivity index (χ1v) is 7.28. The number of hydrogen-bond acceptors (Lipinski definition) is 5. The summed E-state index contributed by atoms with van der Waals surface area (Å²) < 4.78 is 10.7. The smallest absolute Gasteiger partial charge is 0.246 e. The topological polar surface area (TPSA) is 84.6 Å². The van der Waals surface area contributed by atoms with E-state index in [4.69, 9.17) is 9.26 Å². The molecule has 2 N–H and O–H groups in total. The fourth-order valence-electron chi connectivity index (χ4n) is 1.91. The first-order valence-electron chi connectivity index (χ1n) is 7.28. The maximum absolute atomic E-state index is 5.63. The molecule has 0 saturated heterocycles. The molecule has 122 valence electrons. The summed E-state index contributed by atoms with van der Waals surface area (Å²) in [7, 11) is 1.70. The highest BCUT2D eigenvalue weighted by atomic mass is 16.5. The Morgan fingerprint density at radius 2 is 2.13 bits per heavy atom. The molecule has 0 fully saturated rings. The van der Waals surface area contributed by atoms with Gasteiger partial charge in [0.1, 0.15) is 12.4 Å². The van der Waals surface area contributed by atoms with Crippen LogP contribution in [0.4, 0.5) is 0 Å². The molecule has 0 bridgehead atoms. The maximum Gasteiger partial charge on any atom is 0.246 e. The van der Waals surface area contributed by atoms with Crippen molar-refractivity contribution in [3.63, 3.8) is 0 Å². The minimum atomic E-state index is 0.412. The zero-order valence-corrected chi connectivity index (χ0v) is 13.4. The van der Waals surface area contributed by atoms with Crippen LogP contribution in [0.3, 0.4) is 0 Å². The van der Waals surface area contributed by atoms with Gasteiger partial charge in [0.15, 0.2) is 11.8 Å². The summed E-state index contributed by atoms with van der Waals surface area (Å²) in [6.07, 6.45) is 1.72. The molecule has 0 radical (unpaired) electrons. The number of ether oxygens (including phenoxy) is 1. The minimum absolute atomic E-state index is 0.412. The van der Waals surface area contributed by atoms with Crippen molar-refractivity contribution < 1.29 is 9.26 Å². The van der Waals surface area contributed by atoms with Crippen molar-refractivity contribution in [3.8, 4) is 5.75 Å². The number of benzene rings is 1. The van der Waals surface area contributed by atoms with Gasteiger partial charge in [0, 0.05) is 19.2 Å². The average molecular weight is 315 g/mol. The summed E-state index contributed by atoms with van der Waals surface area (Å²) >= 11 is 0. The normalized spacial score (nSPS) is 11.1. The molecule has 0 unspecified atom stereocenters. The average Bonchev–Trinajstić information content (AvgIpc) is 2.99. The highest BCUT2D eigenvalue weighted by Crippen LogP contribution is 2.17. The van der Waals surface area contributed by atoms with Crippen molar-refractivity contribution in [1.29, 1.82) is 0 Å². The van der Waals surface area contributed by atoms with E-state index in [2.05, 4.69) is 32.3 Å². The third kappa shape index (κ3) is 5.14. The van der Waals surface area contributed by atoms with Crippen LogP contribution < -0.4 is 15.4 Å². The molecule has 7 nitrogen and oxygen atoms in total. The van der Waals surface area contributed by atoms with Crippen molar-refractivity contribution in [2.24, 2.45) is 4.99 Å². The Labute approximate surface area is 135 Å². The summed E-state index contributed by atoms with van der Waals surface area (Å²) in [6, 6.07) is 7.83. The van der Waals surface area contributed by atoms with E-state index in [1.165, 1.54) is 0 Å². The Kier molecular flexibility index (Phi) is 6.17. The van der Waals surface area contributed by atoms with E-state index in [-0.39, 0.29) is 0 Å². The largest absolute Gasteiger partial charge is 0.489 e. The number of para-hydroxylation sites is 1. The van der Waals surface area contributed by atoms with E-state index in [9.17, 15) is 0 Å². The molecule has 7 heteroatoms. The number of rotatable bonds is 7. The molecule has 0 atom stereocenters. The molecule has 2 aromatic rings. The fourth-order valence-corrected chi connectivity index (χ4v) is 1.91. The van der Waals surface area contributed by atoms with Gasteiger partial charge in [0.25, 0.3) is 0 Å². The lowest BCUT2D eigenvalue weighted by Gasteiger charge is -2.13. The predicted molar refractivity (Wildman–Crippen MR) is 88.2 cm³/mol. The first-order chi connectivity index (χ1) is 11.2. The third-order valence-corrected chi connectivity index (χ3v) is 2.98. The molecule has 23 heavy (non-hydrogen) atoms. The zero-order valence-electron chi connectivity index (χ0n) is 13.4. The lowest BCUT2D eigenvalue weighted by molar-refractivity contribution is 0.358. The first kappa shape index (κ1) is 16.5. The van der Waals surface area contributed by atoms with Crippen LogP contribution in [0.2, 0.25) is 0 Å². The van der Waals surface area contributed by atoms with Crippen LogP contribution in [0.5, 0.6) is 5.75 Å². The van der Waals surface area contributed by atoms with Gasteiger partial charge < -0.3 is 19.9 Å². The molecule has 0 saturated carbocycles. The second-order valence-electron chi connectivity index (χ2n) is 4.72. The van der Waals surface area contributed by atoms with Gasteiger partial charge in [-0.3, -0.25) is 4.99 Å². The van der Waals surface area contributed by atoms with Crippen molar-refractivity contribution in [2.75, 3.05) is 13.7 Å². The Bertz CT molecular complexity index is 666. The molecule has 1 heterocycles. The van der Waals surface area contributed by atoms with Gasteiger partial charge in [-0.25, -0.2) is 0 Å². The second-order valence-corrected chi connectivity index (χ2v) is 4.72. The Balaban J connectivity index is 1.89. The van der Waals surface area contributed by atoms with E-state index in [0.717, 1.165) is 11.3 Å². The summed E-state index contributed by atoms with van der Waals surface area (Å²) in [5, 5.41) is 10.1. The standard InChI is InChI=1S/C16H21N5O2/c1-4-9-22-14-8-6-5-7-13(14)10-18-16(17-3)19-11-15-20-12(2)21-23-15/h4-8H,1,9-11H2,2-3H3,(H2,17,18,19). The molecule has 1 aromatic carbocycles. The van der Waals surface area contributed by atoms with Crippen LogP contribution in [0, 0.1) is 6.92 Å². The van der Waals surface area contributed by atoms with Crippen molar-refractivity contribution in [1.82, 2.24) is 20.8 Å². The van der Waals surface area contributed by atoms with Gasteiger partial charge in [-0.15, -0.1) is 0 Å². The van der Waals surface area contributed by atoms with Crippen molar-refractivity contribution in [2.45, 2.75) is 20.0 Å². The van der Waals surface area contributed by atoms with Gasteiger partial charge in [-0.2, -0.15) is 4.98 Å². The summed E-state index contributed by atoms with van der Waals surface area (Å²) in [4.78, 5) is 8.30. The highest BCUT2D eigenvalue weighted by molar-refractivity contribution is 5.79. The predicted octanol–water partition coefficient (Wildman–Crippen LogP) is 1.81. The third-order valence-electron chi connectivity index (χ3n) is 2.98. The van der Waals surface area contributed by atoms with E-state index in [1.807, 2.05) is 24.3 Å². The lowest BCUT2D eigenvalue weighted by atomic mass is 10.2. The molecular formula is C16H21N5O2. The van der Waals surface area contributed by atoms with Gasteiger partial charge in [0.2, 0.25) is 5.89 Å². The SMILES string of the molecule is C=CCOc1ccccc1CNC(=NC)NCc1nc(C)no1. The number of nitrogens with zero attached hydrogens (tertiary/aromatic N) is 3. The molecule has 0 spiro atoms. The van der Waals surface area contributed by atoms with E-state index < -0.39 is 0 Å². The molecule has 1 aromatic heterocycles. The van der Waals surface area contributed by atoms with Crippen molar-refractivity contribution >= 4 is 5.96 Å². The number of nitrogens with one attached hydrogen (secondary N) is 2. The molecule has 0 aliphatic carbocycles. The van der Waals surface area contributed by atoms with Crippen LogP contribution in [-0.4, -0.2) is 29.8 Å². The van der Waals surface area contributed by atoms with Crippen LogP contribution >= 0.6 is 0 Å². The number of aryl methyl sites for hydroxylation is 1. The summed E-state index contributed by atoms with van der Waals surface area (Å²) in [5.74, 6) is 2.58. The van der Waals surface area contributed by atoms with Crippen LogP contribution in [-0.2, 0) is 13.1 Å². The number of guanidine groups is 1. The van der Waals surface area contributed by atoms with Gasteiger partial charge in [0.05, 0.1) is 6.54 Å². The molecule has 0 aliphatic heterocycles.